The highest BCUT2D eigenvalue weighted by Gasteiger charge is 2.12. The zero-order valence-corrected chi connectivity index (χ0v) is 15.2. The van der Waals surface area contributed by atoms with Gasteiger partial charge in [0.2, 0.25) is 0 Å². The van der Waals surface area contributed by atoms with E-state index in [4.69, 9.17) is 14.6 Å². The number of hydrogen-bond acceptors (Lipinski definition) is 3. The molecule has 0 aliphatic heterocycles. The van der Waals surface area contributed by atoms with Gasteiger partial charge in [-0.2, -0.15) is 0 Å². The monoisotopic (exact) mass is 362 g/mol. The van der Waals surface area contributed by atoms with Crippen molar-refractivity contribution in [2.24, 2.45) is 0 Å². The minimum absolute atomic E-state index is 0.508. The maximum absolute atomic E-state index is 10.8. The zero-order chi connectivity index (χ0) is 19.1. The standard InChI is InChI=1S/C23H22O4/c1-17(23(24)25)27-22-13-11-21(12-14-22)26-16-15-18-7-9-20(10-8-18)19-5-3-2-4-6-19/h2-14,17H,15-16H2,1H3,(H,24,25). The second-order valence-corrected chi connectivity index (χ2v) is 6.23. The number of benzene rings is 3. The molecule has 0 saturated carbocycles. The summed E-state index contributed by atoms with van der Waals surface area (Å²) in [5.74, 6) is 0.244. The summed E-state index contributed by atoms with van der Waals surface area (Å²) < 4.78 is 11.1. The molecule has 27 heavy (non-hydrogen) atoms. The molecule has 3 rings (SSSR count). The molecule has 0 aromatic heterocycles. The third kappa shape index (κ3) is 5.35. The Hall–Kier alpha value is -3.27. The predicted octanol–water partition coefficient (Wildman–Crippen LogP) is 4.83. The lowest BCUT2D eigenvalue weighted by Gasteiger charge is -2.11. The summed E-state index contributed by atoms with van der Waals surface area (Å²) >= 11 is 0. The molecule has 138 valence electrons. The molecule has 1 unspecified atom stereocenters. The fourth-order valence-corrected chi connectivity index (χ4v) is 2.65. The molecule has 0 saturated heterocycles. The third-order valence-electron chi connectivity index (χ3n) is 4.20. The molecule has 4 nitrogen and oxygen atoms in total. The van der Waals surface area contributed by atoms with Crippen molar-refractivity contribution < 1.29 is 19.4 Å². The number of hydrogen-bond donors (Lipinski definition) is 1. The molecule has 0 spiro atoms. The largest absolute Gasteiger partial charge is 0.493 e. The highest BCUT2D eigenvalue weighted by atomic mass is 16.5. The first-order valence-electron chi connectivity index (χ1n) is 8.88. The second kappa shape index (κ2) is 8.90. The van der Waals surface area contributed by atoms with Gasteiger partial charge in [0.15, 0.2) is 6.10 Å². The smallest absolute Gasteiger partial charge is 0.344 e. The van der Waals surface area contributed by atoms with Crippen LogP contribution in [0.5, 0.6) is 11.5 Å². The van der Waals surface area contributed by atoms with Crippen molar-refractivity contribution in [1.82, 2.24) is 0 Å². The van der Waals surface area contributed by atoms with Crippen LogP contribution in [0.3, 0.4) is 0 Å². The predicted molar refractivity (Wildman–Crippen MR) is 105 cm³/mol. The lowest BCUT2D eigenvalue weighted by Crippen LogP contribution is -2.22. The van der Waals surface area contributed by atoms with Crippen LogP contribution in [0, 0.1) is 0 Å². The number of ether oxygens (including phenoxy) is 2. The van der Waals surface area contributed by atoms with Gasteiger partial charge < -0.3 is 14.6 Å². The molecule has 0 radical (unpaired) electrons. The lowest BCUT2D eigenvalue weighted by atomic mass is 10.0. The van der Waals surface area contributed by atoms with Gasteiger partial charge in [-0.25, -0.2) is 4.79 Å². The molecule has 3 aromatic carbocycles. The fourth-order valence-electron chi connectivity index (χ4n) is 2.65. The van der Waals surface area contributed by atoms with Crippen LogP contribution in [0.2, 0.25) is 0 Å². The molecule has 4 heteroatoms. The minimum Gasteiger partial charge on any atom is -0.493 e. The van der Waals surface area contributed by atoms with Crippen molar-refractivity contribution in [3.8, 4) is 22.6 Å². The van der Waals surface area contributed by atoms with E-state index in [1.54, 1.807) is 24.3 Å². The minimum atomic E-state index is -0.992. The maximum atomic E-state index is 10.8. The fraction of sp³-hybridized carbons (Fsp3) is 0.174. The van der Waals surface area contributed by atoms with Crippen LogP contribution in [0.25, 0.3) is 11.1 Å². The number of aliphatic carboxylic acids is 1. The average molecular weight is 362 g/mol. The molecule has 3 aromatic rings. The van der Waals surface area contributed by atoms with Crippen molar-refractivity contribution in [1.29, 1.82) is 0 Å². The van der Waals surface area contributed by atoms with Crippen LogP contribution in [0.1, 0.15) is 12.5 Å². The Morgan fingerprint density at radius 2 is 1.44 bits per heavy atom. The average Bonchev–Trinajstić information content (AvgIpc) is 2.70. The SMILES string of the molecule is CC(Oc1ccc(OCCc2ccc(-c3ccccc3)cc2)cc1)C(=O)O. The Bertz CT molecular complexity index is 855. The van der Waals surface area contributed by atoms with Gasteiger partial charge in [0, 0.05) is 6.42 Å². The molecule has 0 amide bonds. The summed E-state index contributed by atoms with van der Waals surface area (Å²) in [4.78, 5) is 10.8. The van der Waals surface area contributed by atoms with Gasteiger partial charge in [-0.05, 0) is 47.9 Å². The molecule has 0 fully saturated rings. The van der Waals surface area contributed by atoms with Crippen LogP contribution in [0.4, 0.5) is 0 Å². The van der Waals surface area contributed by atoms with Crippen LogP contribution in [-0.4, -0.2) is 23.8 Å². The molecular formula is C23H22O4. The number of rotatable bonds is 8. The van der Waals surface area contributed by atoms with Gasteiger partial charge in [0.1, 0.15) is 11.5 Å². The Kier molecular flexibility index (Phi) is 6.10. The van der Waals surface area contributed by atoms with Crippen LogP contribution in [-0.2, 0) is 11.2 Å². The first-order valence-corrected chi connectivity index (χ1v) is 8.88. The van der Waals surface area contributed by atoms with Crippen molar-refractivity contribution in [3.63, 3.8) is 0 Å². The lowest BCUT2D eigenvalue weighted by molar-refractivity contribution is -0.144. The Labute approximate surface area is 159 Å². The van der Waals surface area contributed by atoms with E-state index in [1.165, 1.54) is 23.6 Å². The first kappa shape index (κ1) is 18.5. The van der Waals surface area contributed by atoms with E-state index in [0.29, 0.717) is 12.4 Å². The molecule has 0 aliphatic carbocycles. The molecule has 0 aliphatic rings. The van der Waals surface area contributed by atoms with Gasteiger partial charge in [0.05, 0.1) is 6.61 Å². The Balaban J connectivity index is 1.49. The molecular weight excluding hydrogens is 340 g/mol. The van der Waals surface area contributed by atoms with Crippen molar-refractivity contribution in [2.45, 2.75) is 19.4 Å². The number of carbonyl (C=O) groups is 1. The van der Waals surface area contributed by atoms with Gasteiger partial charge in [-0.3, -0.25) is 0 Å². The van der Waals surface area contributed by atoms with Crippen LogP contribution < -0.4 is 9.47 Å². The van der Waals surface area contributed by atoms with E-state index in [-0.39, 0.29) is 0 Å². The molecule has 1 atom stereocenters. The van der Waals surface area contributed by atoms with E-state index in [1.807, 2.05) is 18.2 Å². The second-order valence-electron chi connectivity index (χ2n) is 6.23. The summed E-state index contributed by atoms with van der Waals surface area (Å²) in [7, 11) is 0. The van der Waals surface area contributed by atoms with E-state index in [2.05, 4.69) is 36.4 Å². The third-order valence-corrected chi connectivity index (χ3v) is 4.20. The van der Waals surface area contributed by atoms with Gasteiger partial charge in [0.25, 0.3) is 0 Å². The topological polar surface area (TPSA) is 55.8 Å². The summed E-state index contributed by atoms with van der Waals surface area (Å²) in [6, 6.07) is 25.8. The summed E-state index contributed by atoms with van der Waals surface area (Å²) in [5.41, 5.74) is 3.62. The first-order chi connectivity index (χ1) is 13.1. The van der Waals surface area contributed by atoms with Crippen molar-refractivity contribution in [2.75, 3.05) is 6.61 Å². The Morgan fingerprint density at radius 1 is 0.852 bits per heavy atom. The van der Waals surface area contributed by atoms with Gasteiger partial charge in [-0.15, -0.1) is 0 Å². The van der Waals surface area contributed by atoms with E-state index in [9.17, 15) is 4.79 Å². The van der Waals surface area contributed by atoms with Crippen LogP contribution in [0.15, 0.2) is 78.9 Å². The van der Waals surface area contributed by atoms with Gasteiger partial charge >= 0.3 is 5.97 Å². The van der Waals surface area contributed by atoms with Gasteiger partial charge in [-0.1, -0.05) is 54.6 Å². The van der Waals surface area contributed by atoms with E-state index < -0.39 is 12.1 Å². The van der Waals surface area contributed by atoms with Crippen LogP contribution >= 0.6 is 0 Å². The van der Waals surface area contributed by atoms with E-state index in [0.717, 1.165) is 12.2 Å². The van der Waals surface area contributed by atoms with E-state index >= 15 is 0 Å². The Morgan fingerprint density at radius 3 is 2.07 bits per heavy atom. The number of carboxylic acids is 1. The summed E-state index contributed by atoms with van der Waals surface area (Å²) in [6.45, 7) is 2.06. The zero-order valence-electron chi connectivity index (χ0n) is 15.2. The molecule has 1 N–H and O–H groups in total. The normalized spacial score (nSPS) is 11.6. The molecule has 0 heterocycles. The highest BCUT2D eigenvalue weighted by molar-refractivity contribution is 5.72. The number of carboxylic acid groups (broad SMARTS) is 1. The molecule has 0 bridgehead atoms. The summed E-state index contributed by atoms with van der Waals surface area (Å²) in [5, 5.41) is 8.85. The van der Waals surface area contributed by atoms with Crippen molar-refractivity contribution >= 4 is 5.97 Å². The highest BCUT2D eigenvalue weighted by Crippen LogP contribution is 2.21. The van der Waals surface area contributed by atoms with Crippen molar-refractivity contribution in [3.05, 3.63) is 84.4 Å². The summed E-state index contributed by atoms with van der Waals surface area (Å²) in [6.07, 6.45) is -0.0702. The maximum Gasteiger partial charge on any atom is 0.344 e. The quantitative estimate of drug-likeness (QED) is 0.624.